The third-order valence-electron chi connectivity index (χ3n) is 2.58. The number of thioether (sulfide) groups is 1. The second-order valence-corrected chi connectivity index (χ2v) is 4.96. The first-order valence-electron chi connectivity index (χ1n) is 5.67. The van der Waals surface area contributed by atoms with Crippen LogP contribution in [-0.4, -0.2) is 28.2 Å². The molecule has 0 aliphatic rings. The molecular weight excluding hydrogens is 244 g/mol. The maximum atomic E-state index is 9.12. The molecule has 1 heterocycles. The van der Waals surface area contributed by atoms with Gasteiger partial charge in [0, 0.05) is 17.2 Å². The first-order valence-corrected chi connectivity index (χ1v) is 7.06. The summed E-state index contributed by atoms with van der Waals surface area (Å²) in [5.74, 6) is 0.974. The van der Waals surface area contributed by atoms with Crippen molar-refractivity contribution in [2.24, 2.45) is 0 Å². The topological polar surface area (TPSA) is 61.6 Å². The van der Waals surface area contributed by atoms with Crippen molar-refractivity contribution in [1.29, 1.82) is 5.26 Å². The maximum absolute atomic E-state index is 9.12. The van der Waals surface area contributed by atoms with E-state index in [1.165, 1.54) is 0 Å². The van der Waals surface area contributed by atoms with E-state index in [9.17, 15) is 0 Å². The van der Waals surface area contributed by atoms with Crippen LogP contribution < -0.4 is 5.32 Å². The summed E-state index contributed by atoms with van der Waals surface area (Å²) in [7, 11) is 0. The number of nitrogens with zero attached hydrogens (tertiary/aromatic N) is 3. The minimum absolute atomic E-state index is 0.278. The molecule has 0 saturated carbocycles. The molecule has 5 heteroatoms. The van der Waals surface area contributed by atoms with Gasteiger partial charge in [-0.2, -0.15) is 17.0 Å². The molecule has 1 unspecified atom stereocenters. The third-order valence-corrected chi connectivity index (χ3v) is 3.41. The highest BCUT2D eigenvalue weighted by molar-refractivity contribution is 7.98. The van der Waals surface area contributed by atoms with E-state index in [1.54, 1.807) is 11.8 Å². The number of hydrogen-bond donors (Lipinski definition) is 1. The predicted molar refractivity (Wildman–Crippen MR) is 75.7 cm³/mol. The Kier molecular flexibility index (Phi) is 4.00. The zero-order chi connectivity index (χ0) is 13.0. The van der Waals surface area contributed by atoms with Crippen LogP contribution >= 0.6 is 11.8 Å². The minimum atomic E-state index is 0.278. The van der Waals surface area contributed by atoms with Gasteiger partial charge in [0.15, 0.2) is 5.69 Å². The van der Waals surface area contributed by atoms with Gasteiger partial charge < -0.3 is 5.32 Å². The number of nitrogens with one attached hydrogen (secondary N) is 1. The lowest BCUT2D eigenvalue weighted by molar-refractivity contribution is 0.908. The molecule has 0 aliphatic carbocycles. The number of nitriles is 1. The second-order valence-electron chi connectivity index (χ2n) is 4.05. The van der Waals surface area contributed by atoms with E-state index in [0.717, 1.165) is 22.3 Å². The van der Waals surface area contributed by atoms with Crippen molar-refractivity contribution in [3.63, 3.8) is 0 Å². The fraction of sp³-hybridized carbons (Fsp3) is 0.308. The lowest BCUT2D eigenvalue weighted by Crippen LogP contribution is -2.19. The van der Waals surface area contributed by atoms with Gasteiger partial charge >= 0.3 is 0 Å². The molecule has 2 rings (SSSR count). The highest BCUT2D eigenvalue weighted by Crippen LogP contribution is 2.24. The number of fused-ring (bicyclic) bond motifs is 1. The first kappa shape index (κ1) is 12.7. The van der Waals surface area contributed by atoms with Gasteiger partial charge in [-0.25, -0.2) is 0 Å². The van der Waals surface area contributed by atoms with E-state index in [0.29, 0.717) is 5.69 Å². The molecule has 0 radical (unpaired) electrons. The van der Waals surface area contributed by atoms with Crippen molar-refractivity contribution in [2.75, 3.05) is 17.3 Å². The number of rotatable bonds is 4. The van der Waals surface area contributed by atoms with Crippen molar-refractivity contribution in [2.45, 2.75) is 13.0 Å². The third kappa shape index (κ3) is 2.54. The van der Waals surface area contributed by atoms with Gasteiger partial charge in [0.1, 0.15) is 6.07 Å². The quantitative estimate of drug-likeness (QED) is 0.913. The molecule has 1 aromatic heterocycles. The first-order chi connectivity index (χ1) is 8.76. The van der Waals surface area contributed by atoms with Crippen molar-refractivity contribution in [1.82, 2.24) is 10.2 Å². The summed E-state index contributed by atoms with van der Waals surface area (Å²) < 4.78 is 0. The normalized spacial score (nSPS) is 12.1. The SMILES string of the molecule is CSCC(C)Nc1c(C#N)nnc2ccccc12. The van der Waals surface area contributed by atoms with Gasteiger partial charge in [0.05, 0.1) is 11.2 Å². The maximum Gasteiger partial charge on any atom is 0.186 e. The molecule has 0 fully saturated rings. The summed E-state index contributed by atoms with van der Waals surface area (Å²) in [4.78, 5) is 0. The molecule has 0 amide bonds. The van der Waals surface area contributed by atoms with Gasteiger partial charge in [-0.1, -0.05) is 18.2 Å². The van der Waals surface area contributed by atoms with E-state index in [4.69, 9.17) is 5.26 Å². The largest absolute Gasteiger partial charge is 0.379 e. The smallest absolute Gasteiger partial charge is 0.186 e. The number of anilines is 1. The average Bonchev–Trinajstić information content (AvgIpc) is 2.39. The number of hydrogen-bond acceptors (Lipinski definition) is 5. The van der Waals surface area contributed by atoms with Crippen molar-refractivity contribution >= 4 is 28.4 Å². The van der Waals surface area contributed by atoms with Crippen LogP contribution in [0.5, 0.6) is 0 Å². The minimum Gasteiger partial charge on any atom is -0.379 e. The van der Waals surface area contributed by atoms with Crippen molar-refractivity contribution < 1.29 is 0 Å². The molecular formula is C13H14N4S. The Hall–Kier alpha value is -1.80. The zero-order valence-electron chi connectivity index (χ0n) is 10.3. The fourth-order valence-corrected chi connectivity index (χ4v) is 2.40. The second kappa shape index (κ2) is 5.69. The van der Waals surface area contributed by atoms with E-state index < -0.39 is 0 Å². The molecule has 92 valence electrons. The van der Waals surface area contributed by atoms with Crippen LogP contribution in [0.2, 0.25) is 0 Å². The van der Waals surface area contributed by atoms with Crippen LogP contribution in [0.25, 0.3) is 10.9 Å². The summed E-state index contributed by atoms with van der Waals surface area (Å²) in [6.07, 6.45) is 2.06. The van der Waals surface area contributed by atoms with Gasteiger partial charge in [-0.05, 0) is 19.2 Å². The zero-order valence-corrected chi connectivity index (χ0v) is 11.2. The Labute approximate surface area is 110 Å². The Morgan fingerprint density at radius 3 is 2.89 bits per heavy atom. The monoisotopic (exact) mass is 258 g/mol. The Morgan fingerprint density at radius 2 is 2.17 bits per heavy atom. The van der Waals surface area contributed by atoms with Crippen LogP contribution in [-0.2, 0) is 0 Å². The summed E-state index contributed by atoms with van der Waals surface area (Å²) in [5.41, 5.74) is 1.93. The van der Waals surface area contributed by atoms with Crippen LogP contribution in [0.3, 0.4) is 0 Å². The molecule has 0 saturated heterocycles. The Balaban J connectivity index is 2.48. The average molecular weight is 258 g/mol. The molecule has 1 atom stereocenters. The lowest BCUT2D eigenvalue weighted by Gasteiger charge is -2.16. The molecule has 0 spiro atoms. The van der Waals surface area contributed by atoms with E-state index in [-0.39, 0.29) is 6.04 Å². The van der Waals surface area contributed by atoms with Crippen molar-refractivity contribution in [3.05, 3.63) is 30.0 Å². The summed E-state index contributed by atoms with van der Waals surface area (Å²) in [6, 6.07) is 10.1. The van der Waals surface area contributed by atoms with E-state index >= 15 is 0 Å². The van der Waals surface area contributed by atoms with E-state index in [1.807, 2.05) is 24.3 Å². The highest BCUT2D eigenvalue weighted by atomic mass is 32.2. The predicted octanol–water partition coefficient (Wildman–Crippen LogP) is 2.66. The van der Waals surface area contributed by atoms with Crippen LogP contribution in [0.1, 0.15) is 12.6 Å². The van der Waals surface area contributed by atoms with Gasteiger partial charge in [-0.15, -0.1) is 10.2 Å². The fourth-order valence-electron chi connectivity index (χ4n) is 1.82. The van der Waals surface area contributed by atoms with Gasteiger partial charge in [0.25, 0.3) is 0 Å². The van der Waals surface area contributed by atoms with E-state index in [2.05, 4.69) is 34.8 Å². The summed E-state index contributed by atoms with van der Waals surface area (Å²) >= 11 is 1.77. The van der Waals surface area contributed by atoms with Gasteiger partial charge in [-0.3, -0.25) is 0 Å². The standard InChI is InChI=1S/C13H14N4S/c1-9(8-18-2)15-13-10-5-3-4-6-11(10)16-17-12(13)7-14/h3-6,9H,8H2,1-2H3,(H,15,16). The molecule has 1 aromatic carbocycles. The molecule has 1 N–H and O–H groups in total. The van der Waals surface area contributed by atoms with Crippen LogP contribution in [0, 0.1) is 11.3 Å². The Morgan fingerprint density at radius 1 is 1.39 bits per heavy atom. The van der Waals surface area contributed by atoms with Crippen LogP contribution in [0.4, 0.5) is 5.69 Å². The lowest BCUT2D eigenvalue weighted by atomic mass is 10.1. The van der Waals surface area contributed by atoms with Crippen LogP contribution in [0.15, 0.2) is 24.3 Å². The molecule has 4 nitrogen and oxygen atoms in total. The number of benzene rings is 1. The summed E-state index contributed by atoms with van der Waals surface area (Å²) in [5, 5.41) is 21.4. The number of aromatic nitrogens is 2. The molecule has 18 heavy (non-hydrogen) atoms. The molecule has 2 aromatic rings. The van der Waals surface area contributed by atoms with Gasteiger partial charge in [0.2, 0.25) is 0 Å². The molecule has 0 aliphatic heterocycles. The Bertz CT molecular complexity index is 591. The molecule has 0 bridgehead atoms. The highest BCUT2D eigenvalue weighted by Gasteiger charge is 2.12. The van der Waals surface area contributed by atoms with Crippen molar-refractivity contribution in [3.8, 4) is 6.07 Å². The summed E-state index contributed by atoms with van der Waals surface area (Å²) in [6.45, 7) is 2.09.